The van der Waals surface area contributed by atoms with E-state index in [-0.39, 0.29) is 12.5 Å². The second-order valence-corrected chi connectivity index (χ2v) is 7.58. The van der Waals surface area contributed by atoms with E-state index in [0.717, 1.165) is 62.2 Å². The summed E-state index contributed by atoms with van der Waals surface area (Å²) in [5, 5.41) is 3.03. The average Bonchev–Trinajstić information content (AvgIpc) is 2.94. The Bertz CT molecular complexity index is 873. The molecule has 0 saturated carbocycles. The lowest BCUT2D eigenvalue weighted by molar-refractivity contribution is -0.906. The van der Waals surface area contributed by atoms with E-state index in [9.17, 15) is 13.6 Å². The minimum absolute atomic E-state index is 0.152. The van der Waals surface area contributed by atoms with Crippen LogP contribution in [0.2, 0.25) is 0 Å². The Balaban J connectivity index is 1.80. The summed E-state index contributed by atoms with van der Waals surface area (Å²) in [5.74, 6) is -1.36. The SMILES string of the molecule is CCc1c(C)c(C(=O)NCC[NH+]2CCOCC2)n(Cc2ccc(F)cc2F)c1C. The van der Waals surface area contributed by atoms with E-state index in [1.54, 1.807) is 0 Å². The summed E-state index contributed by atoms with van der Waals surface area (Å²) in [6.45, 7) is 11.0. The lowest BCUT2D eigenvalue weighted by Crippen LogP contribution is -3.14. The van der Waals surface area contributed by atoms with Crippen LogP contribution < -0.4 is 10.2 Å². The van der Waals surface area contributed by atoms with Crippen molar-refractivity contribution in [2.75, 3.05) is 39.4 Å². The van der Waals surface area contributed by atoms with Crippen LogP contribution in [0.3, 0.4) is 0 Å². The van der Waals surface area contributed by atoms with E-state index in [2.05, 4.69) is 5.32 Å². The molecule has 2 N–H and O–H groups in total. The molecule has 1 saturated heterocycles. The highest BCUT2D eigenvalue weighted by Crippen LogP contribution is 2.25. The summed E-state index contributed by atoms with van der Waals surface area (Å²) in [5.41, 5.74) is 3.87. The molecule has 0 atom stereocenters. The van der Waals surface area contributed by atoms with Gasteiger partial charge in [-0.2, -0.15) is 0 Å². The maximum Gasteiger partial charge on any atom is 0.268 e. The minimum Gasteiger partial charge on any atom is -0.370 e. The number of morpholine rings is 1. The Hall–Kier alpha value is -2.25. The number of hydrogen-bond acceptors (Lipinski definition) is 2. The molecule has 0 spiro atoms. The van der Waals surface area contributed by atoms with E-state index in [1.807, 2.05) is 25.3 Å². The number of carbonyl (C=O) groups is 1. The first-order valence-electron chi connectivity index (χ1n) is 10.2. The van der Waals surface area contributed by atoms with Gasteiger partial charge in [0.05, 0.1) is 32.8 Å². The molecule has 0 bridgehead atoms. The van der Waals surface area contributed by atoms with Crippen molar-refractivity contribution >= 4 is 5.91 Å². The predicted octanol–water partition coefficient (Wildman–Crippen LogP) is 1.64. The van der Waals surface area contributed by atoms with Gasteiger partial charge in [-0.15, -0.1) is 0 Å². The topological polar surface area (TPSA) is 47.7 Å². The lowest BCUT2D eigenvalue weighted by Gasteiger charge is -2.23. The normalized spacial score (nSPS) is 14.9. The molecule has 29 heavy (non-hydrogen) atoms. The molecular weight excluding hydrogens is 376 g/mol. The fraction of sp³-hybridized carbons (Fsp3) is 0.500. The monoisotopic (exact) mass is 406 g/mol. The molecular formula is C22H30F2N3O2+. The molecule has 5 nitrogen and oxygen atoms in total. The van der Waals surface area contributed by atoms with Crippen LogP contribution in [0, 0.1) is 25.5 Å². The van der Waals surface area contributed by atoms with Gasteiger partial charge in [-0.3, -0.25) is 4.79 Å². The zero-order valence-electron chi connectivity index (χ0n) is 17.4. The first-order chi connectivity index (χ1) is 13.9. The zero-order valence-corrected chi connectivity index (χ0v) is 17.4. The highest BCUT2D eigenvalue weighted by molar-refractivity contribution is 5.95. The van der Waals surface area contributed by atoms with Gasteiger partial charge in [-0.25, -0.2) is 8.78 Å². The molecule has 0 unspecified atom stereocenters. The second-order valence-electron chi connectivity index (χ2n) is 7.58. The number of hydrogen-bond donors (Lipinski definition) is 2. The fourth-order valence-electron chi connectivity index (χ4n) is 4.13. The Labute approximate surface area is 170 Å². The first-order valence-corrected chi connectivity index (χ1v) is 10.2. The molecule has 1 aliphatic heterocycles. The van der Waals surface area contributed by atoms with Gasteiger partial charge in [0.25, 0.3) is 5.91 Å². The largest absolute Gasteiger partial charge is 0.370 e. The van der Waals surface area contributed by atoms with Crippen LogP contribution >= 0.6 is 0 Å². The van der Waals surface area contributed by atoms with Crippen molar-refractivity contribution in [3.05, 3.63) is 57.9 Å². The van der Waals surface area contributed by atoms with E-state index in [4.69, 9.17) is 4.74 Å². The number of halogens is 2. The number of aromatic nitrogens is 1. The first kappa shape index (κ1) is 21.5. The highest BCUT2D eigenvalue weighted by Gasteiger charge is 2.23. The molecule has 1 fully saturated rings. The molecule has 7 heteroatoms. The number of quaternary nitrogens is 1. The van der Waals surface area contributed by atoms with E-state index < -0.39 is 11.6 Å². The third kappa shape index (κ3) is 4.85. The van der Waals surface area contributed by atoms with Crippen molar-refractivity contribution in [1.82, 2.24) is 9.88 Å². The maximum absolute atomic E-state index is 14.2. The summed E-state index contributed by atoms with van der Waals surface area (Å²) in [4.78, 5) is 14.4. The number of carbonyl (C=O) groups excluding carboxylic acids is 1. The van der Waals surface area contributed by atoms with Gasteiger partial charge in [0.2, 0.25) is 0 Å². The number of nitrogens with one attached hydrogen (secondary N) is 2. The smallest absolute Gasteiger partial charge is 0.268 e. The molecule has 2 aromatic rings. The van der Waals surface area contributed by atoms with Crippen LogP contribution in [0.1, 0.15) is 39.8 Å². The molecule has 1 amide bonds. The second kappa shape index (κ2) is 9.50. The maximum atomic E-state index is 14.2. The Morgan fingerprint density at radius 1 is 1.24 bits per heavy atom. The molecule has 0 aliphatic carbocycles. The highest BCUT2D eigenvalue weighted by atomic mass is 19.1. The van der Waals surface area contributed by atoms with Gasteiger partial charge in [-0.05, 0) is 37.5 Å². The van der Waals surface area contributed by atoms with Crippen LogP contribution in [-0.4, -0.2) is 49.9 Å². The van der Waals surface area contributed by atoms with Gasteiger partial charge in [0.1, 0.15) is 30.4 Å². The van der Waals surface area contributed by atoms with Gasteiger partial charge in [0, 0.05) is 17.3 Å². The van der Waals surface area contributed by atoms with Gasteiger partial charge in [-0.1, -0.05) is 13.0 Å². The average molecular weight is 406 g/mol. The lowest BCUT2D eigenvalue weighted by atomic mass is 10.1. The third-order valence-electron chi connectivity index (χ3n) is 5.80. The van der Waals surface area contributed by atoms with Crippen LogP contribution in [0.15, 0.2) is 18.2 Å². The minimum atomic E-state index is -0.607. The van der Waals surface area contributed by atoms with Crippen LogP contribution in [0.4, 0.5) is 8.78 Å². The number of rotatable bonds is 7. The summed E-state index contributed by atoms with van der Waals surface area (Å²) in [6, 6.07) is 3.57. The Morgan fingerprint density at radius 2 is 1.97 bits per heavy atom. The standard InChI is InChI=1S/C22H29F2N3O2/c1-4-19-15(2)21(22(28)25-7-8-26-9-11-29-12-10-26)27(16(19)3)14-17-5-6-18(23)13-20(17)24/h5-6,13H,4,7-12,14H2,1-3H3,(H,25,28)/p+1. The quantitative estimate of drug-likeness (QED) is 0.735. The van der Waals surface area contributed by atoms with Crippen molar-refractivity contribution in [3.8, 4) is 0 Å². The summed E-state index contributed by atoms with van der Waals surface area (Å²) in [7, 11) is 0. The van der Waals surface area contributed by atoms with Crippen molar-refractivity contribution in [2.24, 2.45) is 0 Å². The molecule has 1 aromatic carbocycles. The number of amides is 1. The van der Waals surface area contributed by atoms with Crippen LogP contribution in [0.5, 0.6) is 0 Å². The van der Waals surface area contributed by atoms with Crippen molar-refractivity contribution in [2.45, 2.75) is 33.7 Å². The third-order valence-corrected chi connectivity index (χ3v) is 5.80. The number of benzene rings is 1. The summed E-state index contributed by atoms with van der Waals surface area (Å²) >= 11 is 0. The number of ether oxygens (including phenoxy) is 1. The molecule has 1 aromatic heterocycles. The molecule has 158 valence electrons. The summed E-state index contributed by atoms with van der Waals surface area (Å²) in [6.07, 6.45) is 0.786. The number of nitrogens with zero attached hydrogens (tertiary/aromatic N) is 1. The van der Waals surface area contributed by atoms with Crippen LogP contribution in [-0.2, 0) is 17.7 Å². The van der Waals surface area contributed by atoms with E-state index in [1.165, 1.54) is 17.0 Å². The fourth-order valence-corrected chi connectivity index (χ4v) is 4.13. The van der Waals surface area contributed by atoms with Gasteiger partial charge in [0.15, 0.2) is 0 Å². The van der Waals surface area contributed by atoms with Crippen molar-refractivity contribution in [1.29, 1.82) is 0 Å². The summed E-state index contributed by atoms with van der Waals surface area (Å²) < 4.78 is 34.7. The molecule has 1 aliphatic rings. The Morgan fingerprint density at radius 3 is 2.62 bits per heavy atom. The van der Waals surface area contributed by atoms with Crippen LogP contribution in [0.25, 0.3) is 0 Å². The zero-order chi connectivity index (χ0) is 21.0. The van der Waals surface area contributed by atoms with Gasteiger partial charge < -0.3 is 19.5 Å². The molecule has 3 rings (SSSR count). The van der Waals surface area contributed by atoms with Gasteiger partial charge >= 0.3 is 0 Å². The molecule has 2 heterocycles. The van der Waals surface area contributed by atoms with E-state index in [0.29, 0.717) is 17.8 Å². The Kier molecular flexibility index (Phi) is 7.03. The van der Waals surface area contributed by atoms with Crippen molar-refractivity contribution < 1.29 is 23.2 Å². The predicted molar refractivity (Wildman–Crippen MR) is 107 cm³/mol. The molecule has 0 radical (unpaired) electrons. The van der Waals surface area contributed by atoms with Crippen molar-refractivity contribution in [3.63, 3.8) is 0 Å². The van der Waals surface area contributed by atoms with E-state index >= 15 is 0 Å².